The highest BCUT2D eigenvalue weighted by Crippen LogP contribution is 2.29. The second-order valence-electron chi connectivity index (χ2n) is 6.07. The van der Waals surface area contributed by atoms with E-state index in [9.17, 15) is 0 Å². The number of nitrogens with one attached hydrogen (secondary N) is 1. The van der Waals surface area contributed by atoms with Crippen molar-refractivity contribution in [2.45, 2.75) is 12.5 Å². The van der Waals surface area contributed by atoms with Crippen molar-refractivity contribution < 1.29 is 0 Å². The van der Waals surface area contributed by atoms with Gasteiger partial charge in [0.1, 0.15) is 5.69 Å². The summed E-state index contributed by atoms with van der Waals surface area (Å²) < 4.78 is 0.857. The molecule has 4 rings (SSSR count). The molecule has 6 nitrogen and oxygen atoms in total. The molecule has 0 saturated carbocycles. The summed E-state index contributed by atoms with van der Waals surface area (Å²) >= 11 is 4.97. The second kappa shape index (κ2) is 8.08. The lowest BCUT2D eigenvalue weighted by molar-refractivity contribution is 0.721. The molecule has 0 bridgehead atoms. The standard InChI is InChI=1S/C19H17BrN6S/c20-15-11-22-10-13-6-7-16(24-17(13)15)18-25-26-19(27-18)23-14(9-21)8-12-4-2-1-3-5-12/h1-7,10-11,14H,8-9,21H2,(H,23,26)/t14-/m1/s1. The minimum atomic E-state index is 0.0954. The Bertz CT molecular complexity index is 1050. The van der Waals surface area contributed by atoms with E-state index in [-0.39, 0.29) is 6.04 Å². The minimum absolute atomic E-state index is 0.0954. The minimum Gasteiger partial charge on any atom is -0.356 e. The second-order valence-corrected chi connectivity index (χ2v) is 7.90. The Labute approximate surface area is 169 Å². The van der Waals surface area contributed by atoms with Crippen LogP contribution >= 0.6 is 27.3 Å². The predicted molar refractivity (Wildman–Crippen MR) is 113 cm³/mol. The van der Waals surface area contributed by atoms with Gasteiger partial charge in [-0.2, -0.15) is 0 Å². The van der Waals surface area contributed by atoms with Crippen molar-refractivity contribution in [1.82, 2.24) is 20.2 Å². The number of fused-ring (bicyclic) bond motifs is 1. The fraction of sp³-hybridized carbons (Fsp3) is 0.158. The molecule has 3 N–H and O–H groups in total. The maximum absolute atomic E-state index is 5.94. The van der Waals surface area contributed by atoms with Crippen molar-refractivity contribution in [3.8, 4) is 10.7 Å². The first-order valence-electron chi connectivity index (χ1n) is 8.47. The van der Waals surface area contributed by atoms with E-state index in [0.29, 0.717) is 6.54 Å². The number of aromatic nitrogens is 4. The van der Waals surface area contributed by atoms with Gasteiger partial charge in [0.05, 0.1) is 9.99 Å². The third-order valence-corrected chi connectivity index (χ3v) is 5.59. The van der Waals surface area contributed by atoms with Gasteiger partial charge in [-0.05, 0) is 40.0 Å². The van der Waals surface area contributed by atoms with Crippen LogP contribution < -0.4 is 11.1 Å². The summed E-state index contributed by atoms with van der Waals surface area (Å²) in [6.45, 7) is 0.512. The SMILES string of the molecule is NC[C@@H](Cc1ccccc1)Nc1nnc(-c2ccc3cncc(Br)c3n2)s1. The molecule has 1 atom stereocenters. The van der Waals surface area contributed by atoms with Crippen LogP contribution in [0.15, 0.2) is 59.3 Å². The van der Waals surface area contributed by atoms with Crippen molar-refractivity contribution in [2.75, 3.05) is 11.9 Å². The molecule has 0 saturated heterocycles. The van der Waals surface area contributed by atoms with Crippen LogP contribution in [0, 0.1) is 0 Å². The molecule has 0 radical (unpaired) electrons. The van der Waals surface area contributed by atoms with Crippen LogP contribution in [0.25, 0.3) is 21.6 Å². The molecule has 8 heteroatoms. The number of benzene rings is 1. The topological polar surface area (TPSA) is 89.6 Å². The predicted octanol–water partition coefficient (Wildman–Crippen LogP) is 3.89. The fourth-order valence-electron chi connectivity index (χ4n) is 2.78. The molecule has 0 aliphatic heterocycles. The molecule has 4 aromatic rings. The van der Waals surface area contributed by atoms with Gasteiger partial charge < -0.3 is 11.1 Å². The highest BCUT2D eigenvalue weighted by atomic mass is 79.9. The van der Waals surface area contributed by atoms with Gasteiger partial charge in [-0.15, -0.1) is 10.2 Å². The third-order valence-electron chi connectivity index (χ3n) is 4.14. The average Bonchev–Trinajstić information content (AvgIpc) is 3.17. The monoisotopic (exact) mass is 440 g/mol. The van der Waals surface area contributed by atoms with Gasteiger partial charge in [-0.1, -0.05) is 41.7 Å². The number of hydrogen-bond donors (Lipinski definition) is 2. The van der Waals surface area contributed by atoms with Crippen LogP contribution in [0.1, 0.15) is 5.56 Å². The van der Waals surface area contributed by atoms with Crippen LogP contribution in [0.5, 0.6) is 0 Å². The quantitative estimate of drug-likeness (QED) is 0.472. The summed E-state index contributed by atoms with van der Waals surface area (Å²) in [5, 5.41) is 14.4. The molecule has 0 aliphatic carbocycles. The molecule has 27 heavy (non-hydrogen) atoms. The van der Waals surface area contributed by atoms with Gasteiger partial charge in [0.15, 0.2) is 5.01 Å². The Balaban J connectivity index is 1.53. The molecule has 3 heterocycles. The van der Waals surface area contributed by atoms with Gasteiger partial charge in [0.2, 0.25) is 5.13 Å². The molecular weight excluding hydrogens is 424 g/mol. The lowest BCUT2D eigenvalue weighted by Gasteiger charge is -2.15. The zero-order valence-electron chi connectivity index (χ0n) is 14.3. The van der Waals surface area contributed by atoms with E-state index in [1.54, 1.807) is 12.4 Å². The number of rotatable bonds is 6. The number of nitrogens with zero attached hydrogens (tertiary/aromatic N) is 4. The first-order chi connectivity index (χ1) is 13.2. The van der Waals surface area contributed by atoms with E-state index in [1.165, 1.54) is 16.9 Å². The van der Waals surface area contributed by atoms with Crippen LogP contribution in [0.4, 0.5) is 5.13 Å². The summed E-state index contributed by atoms with van der Waals surface area (Å²) in [5.41, 5.74) is 8.81. The summed E-state index contributed by atoms with van der Waals surface area (Å²) in [7, 11) is 0. The molecule has 136 valence electrons. The number of pyridine rings is 2. The van der Waals surface area contributed by atoms with Crippen molar-refractivity contribution in [2.24, 2.45) is 5.73 Å². The first-order valence-corrected chi connectivity index (χ1v) is 10.1. The summed E-state index contributed by atoms with van der Waals surface area (Å²) in [6.07, 6.45) is 4.36. The van der Waals surface area contributed by atoms with Gasteiger partial charge in [-0.3, -0.25) is 4.98 Å². The normalized spacial score (nSPS) is 12.2. The smallest absolute Gasteiger partial charge is 0.206 e. The van der Waals surface area contributed by atoms with E-state index in [0.717, 1.165) is 37.6 Å². The van der Waals surface area contributed by atoms with Crippen LogP contribution in [-0.2, 0) is 6.42 Å². The molecule has 0 amide bonds. The van der Waals surface area contributed by atoms with Crippen LogP contribution in [0.3, 0.4) is 0 Å². The van der Waals surface area contributed by atoms with Crippen LogP contribution in [-0.4, -0.2) is 32.8 Å². The average molecular weight is 441 g/mol. The molecular formula is C19H17BrN6S. The summed E-state index contributed by atoms with van der Waals surface area (Å²) in [4.78, 5) is 8.86. The Morgan fingerprint density at radius 2 is 1.93 bits per heavy atom. The first kappa shape index (κ1) is 18.0. The molecule has 1 aromatic carbocycles. The maximum Gasteiger partial charge on any atom is 0.206 e. The largest absolute Gasteiger partial charge is 0.356 e. The Kier molecular flexibility index (Phi) is 5.38. The van der Waals surface area contributed by atoms with Crippen LogP contribution in [0.2, 0.25) is 0 Å². The maximum atomic E-state index is 5.94. The number of hydrogen-bond acceptors (Lipinski definition) is 7. The third kappa shape index (κ3) is 4.13. The van der Waals surface area contributed by atoms with Crippen molar-refractivity contribution >= 4 is 43.3 Å². The van der Waals surface area contributed by atoms with Crippen molar-refractivity contribution in [3.05, 3.63) is 64.9 Å². The van der Waals surface area contributed by atoms with Crippen molar-refractivity contribution in [1.29, 1.82) is 0 Å². The Morgan fingerprint density at radius 3 is 2.74 bits per heavy atom. The van der Waals surface area contributed by atoms with Gasteiger partial charge >= 0.3 is 0 Å². The van der Waals surface area contributed by atoms with Gasteiger partial charge in [0, 0.05) is 30.4 Å². The summed E-state index contributed by atoms with van der Waals surface area (Å²) in [6, 6.07) is 14.3. The molecule has 3 aromatic heterocycles. The van der Waals surface area contributed by atoms with Gasteiger partial charge in [-0.25, -0.2) is 4.98 Å². The van der Waals surface area contributed by atoms with E-state index in [4.69, 9.17) is 10.7 Å². The number of anilines is 1. The zero-order chi connectivity index (χ0) is 18.6. The lowest BCUT2D eigenvalue weighted by Crippen LogP contribution is -2.30. The highest BCUT2D eigenvalue weighted by Gasteiger charge is 2.13. The lowest BCUT2D eigenvalue weighted by atomic mass is 10.1. The Hall–Kier alpha value is -2.42. The molecule has 0 fully saturated rings. The van der Waals surface area contributed by atoms with E-state index in [2.05, 4.69) is 48.6 Å². The molecule has 0 unspecified atom stereocenters. The molecule has 0 spiro atoms. The number of nitrogens with two attached hydrogens (primary N) is 1. The Morgan fingerprint density at radius 1 is 1.07 bits per heavy atom. The molecule has 0 aliphatic rings. The summed E-state index contributed by atoms with van der Waals surface area (Å²) in [5.74, 6) is 0. The van der Waals surface area contributed by atoms with Gasteiger partial charge in [0.25, 0.3) is 0 Å². The van der Waals surface area contributed by atoms with E-state index >= 15 is 0 Å². The highest BCUT2D eigenvalue weighted by molar-refractivity contribution is 9.10. The fourth-order valence-corrected chi connectivity index (χ4v) is 4.01. The van der Waals surface area contributed by atoms with E-state index in [1.807, 2.05) is 30.3 Å². The number of halogens is 1. The van der Waals surface area contributed by atoms with E-state index < -0.39 is 0 Å². The zero-order valence-corrected chi connectivity index (χ0v) is 16.7. The van der Waals surface area contributed by atoms with Crippen molar-refractivity contribution in [3.63, 3.8) is 0 Å².